The molecule has 0 amide bonds. The van der Waals surface area contributed by atoms with E-state index in [9.17, 15) is 27.1 Å². The fraction of sp³-hybridized carbons (Fsp3) is 0.500. The van der Waals surface area contributed by atoms with Gasteiger partial charge in [0, 0.05) is 0 Å². The summed E-state index contributed by atoms with van der Waals surface area (Å²) in [5.74, 6) is -11.8. The Balaban J connectivity index is 2.21. The summed E-state index contributed by atoms with van der Waals surface area (Å²) in [6.07, 6.45) is 0.505. The van der Waals surface area contributed by atoms with Crippen molar-refractivity contribution < 1.29 is 31.8 Å². The first-order chi connectivity index (χ1) is 9.36. The summed E-state index contributed by atoms with van der Waals surface area (Å²) >= 11 is 0. The van der Waals surface area contributed by atoms with E-state index in [1.54, 1.807) is 0 Å². The lowest BCUT2D eigenvalue weighted by molar-refractivity contribution is -0.0307. The Hall–Kier alpha value is -1.41. The van der Waals surface area contributed by atoms with Gasteiger partial charge in [-0.05, 0) is 25.9 Å². The van der Waals surface area contributed by atoms with Gasteiger partial charge in [-0.25, -0.2) is 13.2 Å². The van der Waals surface area contributed by atoms with Crippen molar-refractivity contribution in [1.82, 2.24) is 5.32 Å². The van der Waals surface area contributed by atoms with Crippen molar-refractivity contribution in [2.75, 3.05) is 19.7 Å². The summed E-state index contributed by atoms with van der Waals surface area (Å²) in [6.45, 7) is 0.390. The molecule has 3 nitrogen and oxygen atoms in total. The third-order valence-electron chi connectivity index (χ3n) is 3.19. The van der Waals surface area contributed by atoms with Crippen LogP contribution < -0.4 is 10.1 Å². The van der Waals surface area contributed by atoms with Crippen LogP contribution in [0.3, 0.4) is 0 Å². The van der Waals surface area contributed by atoms with Crippen LogP contribution in [-0.2, 0) is 0 Å². The minimum Gasteiger partial charge on any atom is -0.484 e. The molecule has 0 atom stereocenters. The smallest absolute Gasteiger partial charge is 0.206 e. The van der Waals surface area contributed by atoms with Crippen molar-refractivity contribution >= 4 is 0 Å². The molecule has 0 bridgehead atoms. The van der Waals surface area contributed by atoms with Crippen LogP contribution in [-0.4, -0.2) is 30.4 Å². The van der Waals surface area contributed by atoms with Crippen LogP contribution in [0.4, 0.5) is 22.0 Å². The maximum Gasteiger partial charge on any atom is 0.206 e. The van der Waals surface area contributed by atoms with Crippen LogP contribution in [0.1, 0.15) is 12.8 Å². The van der Waals surface area contributed by atoms with Crippen molar-refractivity contribution in [2.24, 2.45) is 0 Å². The van der Waals surface area contributed by atoms with Gasteiger partial charge in [-0.15, -0.1) is 0 Å². The zero-order chi connectivity index (χ0) is 14.9. The second-order valence-electron chi connectivity index (χ2n) is 4.66. The van der Waals surface area contributed by atoms with Gasteiger partial charge in [-0.2, -0.15) is 8.78 Å². The zero-order valence-electron chi connectivity index (χ0n) is 10.3. The molecule has 1 saturated heterocycles. The van der Waals surface area contributed by atoms with Gasteiger partial charge >= 0.3 is 0 Å². The number of hydrogen-bond acceptors (Lipinski definition) is 3. The quantitative estimate of drug-likeness (QED) is 0.508. The molecule has 1 heterocycles. The molecule has 8 heteroatoms. The Kier molecular flexibility index (Phi) is 4.14. The first-order valence-electron chi connectivity index (χ1n) is 5.93. The highest BCUT2D eigenvalue weighted by atomic mass is 19.2. The second kappa shape index (κ2) is 5.53. The standard InChI is InChI=1S/C12H12F5NO2/c13-6-7(14)9(16)11(10(17)8(6)15)20-5-12(19)1-3-18-4-2-12/h18-19H,1-5H2. The minimum absolute atomic E-state index is 0.252. The summed E-state index contributed by atoms with van der Waals surface area (Å²) in [6, 6.07) is 0. The Labute approximate surface area is 111 Å². The number of rotatable bonds is 3. The molecule has 0 aliphatic carbocycles. The zero-order valence-corrected chi connectivity index (χ0v) is 10.3. The molecular formula is C12H12F5NO2. The summed E-state index contributed by atoms with van der Waals surface area (Å²) in [5.41, 5.74) is -1.36. The van der Waals surface area contributed by atoms with Gasteiger partial charge in [0.15, 0.2) is 5.75 Å². The van der Waals surface area contributed by atoms with Crippen molar-refractivity contribution in [3.8, 4) is 5.75 Å². The van der Waals surface area contributed by atoms with Crippen molar-refractivity contribution in [3.63, 3.8) is 0 Å². The predicted octanol–water partition coefficient (Wildman–Crippen LogP) is 1.88. The molecule has 2 rings (SSSR count). The Bertz CT molecular complexity index is 488. The van der Waals surface area contributed by atoms with Gasteiger partial charge in [0.05, 0.1) is 0 Å². The summed E-state index contributed by atoms with van der Waals surface area (Å²) in [5, 5.41) is 13.0. The highest BCUT2D eigenvalue weighted by Crippen LogP contribution is 2.30. The van der Waals surface area contributed by atoms with E-state index in [-0.39, 0.29) is 12.8 Å². The van der Waals surface area contributed by atoms with Gasteiger partial charge in [-0.1, -0.05) is 0 Å². The fourth-order valence-electron chi connectivity index (χ4n) is 1.95. The number of hydrogen-bond donors (Lipinski definition) is 2. The van der Waals surface area contributed by atoms with E-state index in [1.165, 1.54) is 0 Å². The summed E-state index contributed by atoms with van der Waals surface area (Å²) in [4.78, 5) is 0. The van der Waals surface area contributed by atoms with E-state index in [0.717, 1.165) is 0 Å². The third-order valence-corrected chi connectivity index (χ3v) is 3.19. The lowest BCUT2D eigenvalue weighted by Crippen LogP contribution is -2.46. The predicted molar refractivity (Wildman–Crippen MR) is 58.8 cm³/mol. The Morgan fingerprint density at radius 1 is 0.900 bits per heavy atom. The fourth-order valence-corrected chi connectivity index (χ4v) is 1.95. The molecule has 1 aromatic carbocycles. The van der Waals surface area contributed by atoms with Crippen molar-refractivity contribution in [3.05, 3.63) is 29.1 Å². The average Bonchev–Trinajstić information content (AvgIpc) is 2.44. The maximum atomic E-state index is 13.3. The molecule has 2 N–H and O–H groups in total. The van der Waals surface area contributed by atoms with E-state index < -0.39 is 47.0 Å². The van der Waals surface area contributed by atoms with Crippen molar-refractivity contribution in [1.29, 1.82) is 0 Å². The van der Waals surface area contributed by atoms with Gasteiger partial charge in [-0.3, -0.25) is 0 Å². The molecule has 1 aromatic rings. The number of nitrogens with one attached hydrogen (secondary N) is 1. The van der Waals surface area contributed by atoms with Gasteiger partial charge in [0.2, 0.25) is 29.1 Å². The number of benzene rings is 1. The lowest BCUT2D eigenvalue weighted by Gasteiger charge is -2.32. The molecule has 0 unspecified atom stereocenters. The van der Waals surface area contributed by atoms with Crippen LogP contribution >= 0.6 is 0 Å². The van der Waals surface area contributed by atoms with Gasteiger partial charge in [0.1, 0.15) is 12.2 Å². The molecule has 112 valence electrons. The van der Waals surface area contributed by atoms with Crippen LogP contribution in [0, 0.1) is 29.1 Å². The summed E-state index contributed by atoms with van der Waals surface area (Å²) in [7, 11) is 0. The first kappa shape index (κ1) is 15.0. The molecule has 1 aliphatic rings. The second-order valence-corrected chi connectivity index (χ2v) is 4.66. The molecule has 0 saturated carbocycles. The van der Waals surface area contributed by atoms with Gasteiger partial charge in [0.25, 0.3) is 0 Å². The molecule has 0 spiro atoms. The molecule has 0 aromatic heterocycles. The molecule has 20 heavy (non-hydrogen) atoms. The third kappa shape index (κ3) is 2.71. The molecule has 1 aliphatic heterocycles. The highest BCUT2D eigenvalue weighted by molar-refractivity contribution is 5.29. The largest absolute Gasteiger partial charge is 0.484 e. The molecular weight excluding hydrogens is 285 g/mol. The maximum absolute atomic E-state index is 13.3. The van der Waals surface area contributed by atoms with Crippen molar-refractivity contribution in [2.45, 2.75) is 18.4 Å². The highest BCUT2D eigenvalue weighted by Gasteiger charge is 2.33. The van der Waals surface area contributed by atoms with Gasteiger partial charge < -0.3 is 15.2 Å². The Morgan fingerprint density at radius 2 is 1.35 bits per heavy atom. The van der Waals surface area contributed by atoms with Crippen LogP contribution in [0.15, 0.2) is 0 Å². The number of halogens is 5. The number of ether oxygens (including phenoxy) is 1. The SMILES string of the molecule is OC1(COc2c(F)c(F)c(F)c(F)c2F)CCNCC1. The number of piperidine rings is 1. The normalized spacial score (nSPS) is 18.1. The summed E-state index contributed by atoms with van der Waals surface area (Å²) < 4.78 is 70.1. The lowest BCUT2D eigenvalue weighted by atomic mass is 9.93. The number of aliphatic hydroxyl groups is 1. The first-order valence-corrected chi connectivity index (χ1v) is 5.93. The van der Waals surface area contributed by atoms with Crippen LogP contribution in [0.25, 0.3) is 0 Å². The minimum atomic E-state index is -2.24. The molecule has 0 radical (unpaired) electrons. The Morgan fingerprint density at radius 3 is 1.85 bits per heavy atom. The molecule has 1 fully saturated rings. The topological polar surface area (TPSA) is 41.5 Å². The van der Waals surface area contributed by atoms with Crippen LogP contribution in [0.5, 0.6) is 5.75 Å². The van der Waals surface area contributed by atoms with E-state index in [4.69, 9.17) is 0 Å². The van der Waals surface area contributed by atoms with E-state index in [2.05, 4.69) is 10.1 Å². The average molecular weight is 297 g/mol. The van der Waals surface area contributed by atoms with E-state index in [1.807, 2.05) is 0 Å². The van der Waals surface area contributed by atoms with Crippen LogP contribution in [0.2, 0.25) is 0 Å². The monoisotopic (exact) mass is 297 g/mol. The van der Waals surface area contributed by atoms with E-state index >= 15 is 0 Å². The van der Waals surface area contributed by atoms with E-state index in [0.29, 0.717) is 13.1 Å².